The van der Waals surface area contributed by atoms with Gasteiger partial charge in [0, 0.05) is 18.4 Å². The standard InChI is InChI=1S/C20H28N2O3.ClH/c1-14-15-11-17-18(25-10-9-24-17)12-16(15)20(6-2-3-7-20)13-22(14)19(23)5-4-8-21;/h11-12,14H,2-10,13,21H2,1H3;1H. The maximum Gasteiger partial charge on any atom is 0.223 e. The number of hydrogen-bond donors (Lipinski definition) is 1. The Bertz CT molecular complexity index is 673. The van der Waals surface area contributed by atoms with Crippen molar-refractivity contribution in [1.82, 2.24) is 4.90 Å². The lowest BCUT2D eigenvalue weighted by molar-refractivity contribution is -0.135. The quantitative estimate of drug-likeness (QED) is 0.873. The summed E-state index contributed by atoms with van der Waals surface area (Å²) in [6, 6.07) is 4.40. The lowest BCUT2D eigenvalue weighted by atomic mass is 9.71. The first-order valence-electron chi connectivity index (χ1n) is 9.58. The van der Waals surface area contributed by atoms with Crippen LogP contribution in [-0.2, 0) is 10.2 Å². The first-order valence-corrected chi connectivity index (χ1v) is 9.58. The van der Waals surface area contributed by atoms with Gasteiger partial charge in [-0.15, -0.1) is 12.4 Å². The second kappa shape index (κ2) is 7.65. The molecule has 144 valence electrons. The molecule has 2 heterocycles. The number of benzene rings is 1. The van der Waals surface area contributed by atoms with Crippen molar-refractivity contribution >= 4 is 18.3 Å². The summed E-state index contributed by atoms with van der Waals surface area (Å²) in [7, 11) is 0. The third-order valence-electron chi connectivity index (χ3n) is 6.15. The van der Waals surface area contributed by atoms with Crippen LogP contribution in [0.15, 0.2) is 12.1 Å². The van der Waals surface area contributed by atoms with E-state index in [1.807, 2.05) is 0 Å². The molecule has 6 heteroatoms. The van der Waals surface area contributed by atoms with Crippen LogP contribution in [0.4, 0.5) is 0 Å². The Morgan fingerprint density at radius 1 is 1.23 bits per heavy atom. The van der Waals surface area contributed by atoms with Crippen molar-refractivity contribution in [3.05, 3.63) is 23.3 Å². The van der Waals surface area contributed by atoms with Gasteiger partial charge in [-0.3, -0.25) is 4.79 Å². The molecule has 26 heavy (non-hydrogen) atoms. The summed E-state index contributed by atoms with van der Waals surface area (Å²) in [6.07, 6.45) is 6.04. The molecule has 0 bridgehead atoms. The molecule has 0 saturated heterocycles. The number of rotatable bonds is 3. The molecule has 1 aromatic rings. The lowest BCUT2D eigenvalue weighted by Gasteiger charge is -2.46. The molecule has 5 nitrogen and oxygen atoms in total. The van der Waals surface area contributed by atoms with E-state index < -0.39 is 0 Å². The van der Waals surface area contributed by atoms with Gasteiger partial charge in [0.25, 0.3) is 0 Å². The predicted octanol–water partition coefficient (Wildman–Crippen LogP) is 3.33. The average molecular weight is 381 g/mol. The number of amides is 1. The molecular formula is C20H29ClN2O3. The highest BCUT2D eigenvalue weighted by atomic mass is 35.5. The number of halogens is 1. The van der Waals surface area contributed by atoms with Gasteiger partial charge in [0.2, 0.25) is 5.91 Å². The molecule has 0 radical (unpaired) electrons. The van der Waals surface area contributed by atoms with Crippen LogP contribution < -0.4 is 15.2 Å². The van der Waals surface area contributed by atoms with E-state index in [4.69, 9.17) is 15.2 Å². The van der Waals surface area contributed by atoms with Crippen LogP contribution in [0.1, 0.15) is 62.6 Å². The average Bonchev–Trinajstić information content (AvgIpc) is 3.11. The van der Waals surface area contributed by atoms with E-state index in [2.05, 4.69) is 24.0 Å². The van der Waals surface area contributed by atoms with Crippen LogP contribution in [0.5, 0.6) is 11.5 Å². The van der Waals surface area contributed by atoms with E-state index in [9.17, 15) is 4.79 Å². The SMILES string of the molecule is CC1c2cc3c(cc2C2(CCCC2)CN1C(=O)CCCN)OCCO3.Cl. The third-order valence-corrected chi connectivity index (χ3v) is 6.15. The Morgan fingerprint density at radius 3 is 2.54 bits per heavy atom. The van der Waals surface area contributed by atoms with Gasteiger partial charge in [-0.05, 0) is 56.0 Å². The minimum atomic E-state index is 0. The minimum absolute atomic E-state index is 0. The molecule has 4 rings (SSSR count). The van der Waals surface area contributed by atoms with E-state index in [0.717, 1.165) is 37.3 Å². The number of hydrogen-bond acceptors (Lipinski definition) is 4. The molecule has 1 aliphatic carbocycles. The molecule has 2 aliphatic heterocycles. The summed E-state index contributed by atoms with van der Waals surface area (Å²) < 4.78 is 11.6. The van der Waals surface area contributed by atoms with Gasteiger partial charge >= 0.3 is 0 Å². The molecule has 1 amide bonds. The number of carbonyl (C=O) groups excluding carboxylic acids is 1. The summed E-state index contributed by atoms with van der Waals surface area (Å²) in [4.78, 5) is 14.9. The van der Waals surface area contributed by atoms with Crippen molar-refractivity contribution in [2.24, 2.45) is 5.73 Å². The van der Waals surface area contributed by atoms with Crippen LogP contribution in [0.25, 0.3) is 0 Å². The fraction of sp³-hybridized carbons (Fsp3) is 0.650. The monoisotopic (exact) mass is 380 g/mol. The van der Waals surface area contributed by atoms with Crippen molar-refractivity contribution in [2.75, 3.05) is 26.3 Å². The topological polar surface area (TPSA) is 64.8 Å². The molecule has 2 N–H and O–H groups in total. The molecule has 1 atom stereocenters. The van der Waals surface area contributed by atoms with Gasteiger partial charge in [-0.2, -0.15) is 0 Å². The van der Waals surface area contributed by atoms with Gasteiger partial charge in [0.1, 0.15) is 13.2 Å². The number of nitrogens with zero attached hydrogens (tertiary/aromatic N) is 1. The minimum Gasteiger partial charge on any atom is -0.486 e. The highest BCUT2D eigenvalue weighted by molar-refractivity contribution is 5.85. The summed E-state index contributed by atoms with van der Waals surface area (Å²) >= 11 is 0. The Labute approximate surface area is 161 Å². The van der Waals surface area contributed by atoms with E-state index in [1.54, 1.807) is 0 Å². The van der Waals surface area contributed by atoms with Crippen LogP contribution in [-0.4, -0.2) is 37.1 Å². The van der Waals surface area contributed by atoms with Gasteiger partial charge in [-0.25, -0.2) is 0 Å². The molecule has 3 aliphatic rings. The lowest BCUT2D eigenvalue weighted by Crippen LogP contribution is -2.48. The van der Waals surface area contributed by atoms with Crippen LogP contribution in [0, 0.1) is 0 Å². The molecule has 0 aromatic heterocycles. The third kappa shape index (κ3) is 3.16. The van der Waals surface area contributed by atoms with Crippen molar-refractivity contribution in [3.63, 3.8) is 0 Å². The predicted molar refractivity (Wildman–Crippen MR) is 103 cm³/mol. The van der Waals surface area contributed by atoms with Crippen molar-refractivity contribution in [1.29, 1.82) is 0 Å². The zero-order valence-electron chi connectivity index (χ0n) is 15.5. The molecule has 1 fully saturated rings. The van der Waals surface area contributed by atoms with Crippen molar-refractivity contribution in [3.8, 4) is 11.5 Å². The summed E-state index contributed by atoms with van der Waals surface area (Å²) in [6.45, 7) is 4.72. The maximum absolute atomic E-state index is 12.8. The van der Waals surface area contributed by atoms with E-state index in [0.29, 0.717) is 26.2 Å². The summed E-state index contributed by atoms with van der Waals surface area (Å²) in [5, 5.41) is 0. The largest absolute Gasteiger partial charge is 0.486 e. The van der Waals surface area contributed by atoms with Crippen LogP contribution in [0.2, 0.25) is 0 Å². The van der Waals surface area contributed by atoms with Crippen LogP contribution >= 0.6 is 12.4 Å². The molecule has 1 saturated carbocycles. The van der Waals surface area contributed by atoms with Gasteiger partial charge in [0.05, 0.1) is 6.04 Å². The van der Waals surface area contributed by atoms with E-state index in [1.165, 1.54) is 24.0 Å². The fourth-order valence-corrected chi connectivity index (χ4v) is 4.81. The zero-order chi connectivity index (χ0) is 17.4. The van der Waals surface area contributed by atoms with Gasteiger partial charge in [-0.1, -0.05) is 12.8 Å². The number of fused-ring (bicyclic) bond motifs is 3. The highest BCUT2D eigenvalue weighted by Crippen LogP contribution is 2.51. The highest BCUT2D eigenvalue weighted by Gasteiger charge is 2.46. The maximum atomic E-state index is 12.8. The summed E-state index contributed by atoms with van der Waals surface area (Å²) in [5.74, 6) is 1.91. The Balaban J connectivity index is 0.00000196. The Kier molecular flexibility index (Phi) is 5.68. The number of nitrogens with two attached hydrogens (primary N) is 1. The number of ether oxygens (including phenoxy) is 2. The van der Waals surface area contributed by atoms with Crippen molar-refractivity contribution in [2.45, 2.75) is 56.9 Å². The fourth-order valence-electron chi connectivity index (χ4n) is 4.81. The number of carbonyl (C=O) groups is 1. The molecule has 1 spiro atoms. The zero-order valence-corrected chi connectivity index (χ0v) is 16.3. The second-order valence-electron chi connectivity index (χ2n) is 7.66. The molecule has 1 unspecified atom stereocenters. The van der Waals surface area contributed by atoms with Gasteiger partial charge < -0.3 is 20.1 Å². The first kappa shape index (κ1) is 19.3. The smallest absolute Gasteiger partial charge is 0.223 e. The van der Waals surface area contributed by atoms with Gasteiger partial charge in [0.15, 0.2) is 11.5 Å². The van der Waals surface area contributed by atoms with E-state index in [-0.39, 0.29) is 29.8 Å². The molecule has 1 aromatic carbocycles. The van der Waals surface area contributed by atoms with E-state index >= 15 is 0 Å². The first-order chi connectivity index (χ1) is 12.1. The Hall–Kier alpha value is -1.46. The normalized spacial score (nSPS) is 22.7. The molecular weight excluding hydrogens is 352 g/mol. The van der Waals surface area contributed by atoms with Crippen molar-refractivity contribution < 1.29 is 14.3 Å². The van der Waals surface area contributed by atoms with Crippen LogP contribution in [0.3, 0.4) is 0 Å². The Morgan fingerprint density at radius 2 is 1.88 bits per heavy atom. The summed E-state index contributed by atoms with van der Waals surface area (Å²) in [5.41, 5.74) is 8.30. The second-order valence-corrected chi connectivity index (χ2v) is 7.66.